The van der Waals surface area contributed by atoms with Crippen molar-refractivity contribution < 1.29 is 5.11 Å². The van der Waals surface area contributed by atoms with E-state index in [2.05, 4.69) is 15.1 Å². The molecule has 1 aromatic rings. The fourth-order valence-corrected chi connectivity index (χ4v) is 2.42. The molecule has 1 fully saturated rings. The maximum absolute atomic E-state index is 9.11. The molecule has 0 saturated heterocycles. The molecule has 1 aliphatic carbocycles. The molecule has 0 spiro atoms. The van der Waals surface area contributed by atoms with Gasteiger partial charge in [0, 0.05) is 19.6 Å². The fraction of sp³-hybridized carbons (Fsp3) is 0.818. The van der Waals surface area contributed by atoms with E-state index >= 15 is 0 Å². The fourth-order valence-electron chi connectivity index (χ4n) is 2.42. The van der Waals surface area contributed by atoms with Gasteiger partial charge in [0.1, 0.15) is 12.2 Å². The third-order valence-corrected chi connectivity index (χ3v) is 3.38. The minimum absolute atomic E-state index is 0.217. The van der Waals surface area contributed by atoms with Crippen molar-refractivity contribution in [1.29, 1.82) is 0 Å². The molecule has 5 heteroatoms. The van der Waals surface area contributed by atoms with E-state index in [0.29, 0.717) is 6.04 Å². The summed E-state index contributed by atoms with van der Waals surface area (Å²) in [5.41, 5.74) is 0. The predicted molar refractivity (Wildman–Crippen MR) is 60.8 cm³/mol. The SMILES string of the molecule is Cn1cnnc1CN(CCO)C1CCCC1. The maximum atomic E-state index is 9.11. The Bertz CT molecular complexity index is 320. The van der Waals surface area contributed by atoms with Crippen molar-refractivity contribution in [2.24, 2.45) is 7.05 Å². The van der Waals surface area contributed by atoms with E-state index in [-0.39, 0.29) is 6.61 Å². The molecule has 90 valence electrons. The number of aliphatic hydroxyl groups is 1. The van der Waals surface area contributed by atoms with Crippen molar-refractivity contribution in [2.45, 2.75) is 38.3 Å². The number of rotatable bonds is 5. The van der Waals surface area contributed by atoms with Crippen LogP contribution in [0.2, 0.25) is 0 Å². The van der Waals surface area contributed by atoms with Crippen LogP contribution in [0.3, 0.4) is 0 Å². The Morgan fingerprint density at radius 1 is 1.50 bits per heavy atom. The summed E-state index contributed by atoms with van der Waals surface area (Å²) in [6.07, 6.45) is 6.84. The van der Waals surface area contributed by atoms with Gasteiger partial charge in [0.25, 0.3) is 0 Å². The van der Waals surface area contributed by atoms with Crippen LogP contribution in [0, 0.1) is 0 Å². The lowest BCUT2D eigenvalue weighted by molar-refractivity contribution is 0.140. The number of hydrogen-bond donors (Lipinski definition) is 1. The summed E-state index contributed by atoms with van der Waals surface area (Å²) in [4.78, 5) is 2.33. The molecule has 1 N–H and O–H groups in total. The molecule has 0 bridgehead atoms. The van der Waals surface area contributed by atoms with Crippen LogP contribution in [0.15, 0.2) is 6.33 Å². The third-order valence-electron chi connectivity index (χ3n) is 3.38. The Balaban J connectivity index is 1.99. The van der Waals surface area contributed by atoms with Gasteiger partial charge in [-0.25, -0.2) is 0 Å². The van der Waals surface area contributed by atoms with Crippen LogP contribution in [0.4, 0.5) is 0 Å². The monoisotopic (exact) mass is 224 g/mol. The third kappa shape index (κ3) is 2.59. The van der Waals surface area contributed by atoms with Crippen molar-refractivity contribution >= 4 is 0 Å². The highest BCUT2D eigenvalue weighted by atomic mass is 16.3. The molecule has 2 rings (SSSR count). The largest absolute Gasteiger partial charge is 0.395 e. The van der Waals surface area contributed by atoms with Crippen LogP contribution in [-0.2, 0) is 13.6 Å². The van der Waals surface area contributed by atoms with Gasteiger partial charge in [0.15, 0.2) is 0 Å². The van der Waals surface area contributed by atoms with E-state index in [4.69, 9.17) is 5.11 Å². The number of hydrogen-bond acceptors (Lipinski definition) is 4. The minimum Gasteiger partial charge on any atom is -0.395 e. The van der Waals surface area contributed by atoms with E-state index in [0.717, 1.165) is 18.9 Å². The smallest absolute Gasteiger partial charge is 0.146 e. The van der Waals surface area contributed by atoms with Gasteiger partial charge in [-0.3, -0.25) is 4.90 Å². The second-order valence-electron chi connectivity index (χ2n) is 4.49. The molecule has 0 unspecified atom stereocenters. The van der Waals surface area contributed by atoms with Crippen LogP contribution < -0.4 is 0 Å². The molecule has 0 radical (unpaired) electrons. The van der Waals surface area contributed by atoms with Gasteiger partial charge in [-0.1, -0.05) is 12.8 Å². The summed E-state index contributed by atoms with van der Waals surface area (Å²) in [7, 11) is 1.96. The number of aliphatic hydroxyl groups excluding tert-OH is 1. The van der Waals surface area contributed by atoms with E-state index < -0.39 is 0 Å². The molecule has 5 nitrogen and oxygen atoms in total. The highest BCUT2D eigenvalue weighted by Crippen LogP contribution is 2.24. The predicted octanol–water partition coefficient (Wildman–Crippen LogP) is 0.552. The summed E-state index contributed by atoms with van der Waals surface area (Å²) in [5, 5.41) is 17.1. The van der Waals surface area contributed by atoms with Gasteiger partial charge >= 0.3 is 0 Å². The first-order valence-corrected chi connectivity index (χ1v) is 5.99. The summed E-state index contributed by atoms with van der Waals surface area (Å²) in [6.45, 7) is 1.74. The molecule has 1 heterocycles. The molecule has 1 saturated carbocycles. The van der Waals surface area contributed by atoms with E-state index in [1.165, 1.54) is 25.7 Å². The Hall–Kier alpha value is -0.940. The molecule has 16 heavy (non-hydrogen) atoms. The van der Waals surface area contributed by atoms with E-state index in [1.807, 2.05) is 11.6 Å². The highest BCUT2D eigenvalue weighted by Gasteiger charge is 2.23. The van der Waals surface area contributed by atoms with Gasteiger partial charge in [-0.2, -0.15) is 0 Å². The van der Waals surface area contributed by atoms with Gasteiger partial charge in [-0.15, -0.1) is 10.2 Å². The lowest BCUT2D eigenvalue weighted by atomic mass is 10.2. The first-order valence-electron chi connectivity index (χ1n) is 5.99. The number of nitrogens with zero attached hydrogens (tertiary/aromatic N) is 4. The van der Waals surface area contributed by atoms with Crippen molar-refractivity contribution in [1.82, 2.24) is 19.7 Å². The molecule has 0 aromatic carbocycles. The van der Waals surface area contributed by atoms with Gasteiger partial charge in [0.2, 0.25) is 0 Å². The zero-order valence-electron chi connectivity index (χ0n) is 9.84. The first kappa shape index (κ1) is 11.5. The van der Waals surface area contributed by atoms with Crippen LogP contribution in [0.1, 0.15) is 31.5 Å². The molecule has 0 aliphatic heterocycles. The van der Waals surface area contributed by atoms with Crippen molar-refractivity contribution in [3.05, 3.63) is 12.2 Å². The normalized spacial score (nSPS) is 17.4. The topological polar surface area (TPSA) is 54.2 Å². The summed E-state index contributed by atoms with van der Waals surface area (Å²) in [6, 6.07) is 0.615. The van der Waals surface area contributed by atoms with Crippen molar-refractivity contribution in [3.8, 4) is 0 Å². The van der Waals surface area contributed by atoms with Crippen molar-refractivity contribution in [2.75, 3.05) is 13.2 Å². The second kappa shape index (κ2) is 5.41. The molecular formula is C11H20N4O. The molecule has 1 aromatic heterocycles. The lowest BCUT2D eigenvalue weighted by Gasteiger charge is -2.27. The summed E-state index contributed by atoms with van der Waals surface area (Å²) < 4.78 is 1.94. The second-order valence-corrected chi connectivity index (χ2v) is 4.49. The molecule has 0 amide bonds. The summed E-state index contributed by atoms with van der Waals surface area (Å²) >= 11 is 0. The zero-order chi connectivity index (χ0) is 11.4. The van der Waals surface area contributed by atoms with Crippen LogP contribution in [0.25, 0.3) is 0 Å². The Kier molecular flexibility index (Phi) is 3.90. The maximum Gasteiger partial charge on any atom is 0.146 e. The van der Waals surface area contributed by atoms with Gasteiger partial charge < -0.3 is 9.67 Å². The average molecular weight is 224 g/mol. The summed E-state index contributed by atoms with van der Waals surface area (Å²) in [5.74, 6) is 0.973. The zero-order valence-corrected chi connectivity index (χ0v) is 9.84. The highest BCUT2D eigenvalue weighted by molar-refractivity contribution is 4.87. The average Bonchev–Trinajstić information content (AvgIpc) is 2.90. The Morgan fingerprint density at radius 3 is 2.81 bits per heavy atom. The minimum atomic E-state index is 0.217. The van der Waals surface area contributed by atoms with Crippen LogP contribution in [-0.4, -0.2) is 44.0 Å². The first-order chi connectivity index (χ1) is 7.81. The van der Waals surface area contributed by atoms with Gasteiger partial charge in [-0.05, 0) is 12.8 Å². The molecule has 0 atom stereocenters. The van der Waals surface area contributed by atoms with E-state index in [9.17, 15) is 0 Å². The number of aryl methyl sites for hydroxylation is 1. The van der Waals surface area contributed by atoms with Gasteiger partial charge in [0.05, 0.1) is 13.2 Å². The Morgan fingerprint density at radius 2 is 2.25 bits per heavy atom. The lowest BCUT2D eigenvalue weighted by Crippen LogP contribution is -2.35. The quantitative estimate of drug-likeness (QED) is 0.793. The number of aromatic nitrogens is 3. The Labute approximate surface area is 96.1 Å². The van der Waals surface area contributed by atoms with Crippen LogP contribution in [0.5, 0.6) is 0 Å². The van der Waals surface area contributed by atoms with Crippen molar-refractivity contribution in [3.63, 3.8) is 0 Å². The molecule has 1 aliphatic rings. The standard InChI is InChI=1S/C11H20N4O/c1-14-9-12-13-11(14)8-15(6-7-16)10-4-2-3-5-10/h9-10,16H,2-8H2,1H3. The molecular weight excluding hydrogens is 204 g/mol. The van der Waals surface area contributed by atoms with Crippen LogP contribution >= 0.6 is 0 Å². The van der Waals surface area contributed by atoms with E-state index in [1.54, 1.807) is 6.33 Å².